The van der Waals surface area contributed by atoms with Crippen LogP contribution in [0.1, 0.15) is 27.9 Å². The number of benzene rings is 1. The third-order valence-corrected chi connectivity index (χ3v) is 5.18. The van der Waals surface area contributed by atoms with Crippen molar-refractivity contribution in [1.82, 2.24) is 20.2 Å². The summed E-state index contributed by atoms with van der Waals surface area (Å²) in [6.45, 7) is 2.55. The number of hydrogen-bond donors (Lipinski definition) is 2. The van der Waals surface area contributed by atoms with Gasteiger partial charge in [0, 0.05) is 24.5 Å². The largest absolute Gasteiger partial charge is 0.496 e. The Morgan fingerprint density at radius 1 is 1.33 bits per heavy atom. The highest BCUT2D eigenvalue weighted by atomic mass is 16.5. The Bertz CT molecular complexity index is 944. The number of fused-ring (bicyclic) bond motifs is 1. The zero-order valence-electron chi connectivity index (χ0n) is 15.4. The normalized spacial score (nSPS) is 16.6. The topological polar surface area (TPSA) is 67.7 Å². The average Bonchev–Trinajstić information content (AvgIpc) is 3.37. The fourth-order valence-corrected chi connectivity index (χ4v) is 3.72. The van der Waals surface area contributed by atoms with Gasteiger partial charge in [-0.1, -0.05) is 6.07 Å². The first-order chi connectivity index (χ1) is 13.2. The molecule has 140 valence electrons. The Kier molecular flexibility index (Phi) is 5.07. The lowest BCUT2D eigenvalue weighted by molar-refractivity contribution is 0.0951. The Hall–Kier alpha value is -2.86. The van der Waals surface area contributed by atoms with E-state index in [1.807, 2.05) is 47.1 Å². The Morgan fingerprint density at radius 3 is 3.07 bits per heavy atom. The van der Waals surface area contributed by atoms with Gasteiger partial charge in [-0.05, 0) is 73.3 Å². The van der Waals surface area contributed by atoms with Gasteiger partial charge in [0.05, 0.1) is 12.6 Å². The van der Waals surface area contributed by atoms with Gasteiger partial charge in [-0.2, -0.15) is 5.10 Å². The van der Waals surface area contributed by atoms with E-state index in [9.17, 15) is 4.79 Å². The molecule has 0 aliphatic carbocycles. The molecule has 2 N–H and O–H groups in total. The summed E-state index contributed by atoms with van der Waals surface area (Å²) >= 11 is 0. The van der Waals surface area contributed by atoms with Gasteiger partial charge in [0.25, 0.3) is 5.91 Å². The molecule has 2 aromatic heterocycles. The molecule has 1 amide bonds. The maximum atomic E-state index is 12.7. The van der Waals surface area contributed by atoms with Crippen molar-refractivity contribution in [3.63, 3.8) is 0 Å². The van der Waals surface area contributed by atoms with Gasteiger partial charge in [0.1, 0.15) is 5.75 Å². The van der Waals surface area contributed by atoms with Crippen LogP contribution >= 0.6 is 0 Å². The fraction of sp³-hybridized carbons (Fsp3) is 0.333. The van der Waals surface area contributed by atoms with Crippen molar-refractivity contribution >= 4 is 11.4 Å². The first kappa shape index (κ1) is 17.5. The lowest BCUT2D eigenvalue weighted by Crippen LogP contribution is -2.23. The summed E-state index contributed by atoms with van der Waals surface area (Å²) in [4.78, 5) is 12.7. The number of nitrogens with zero attached hydrogens (tertiary/aromatic N) is 2. The summed E-state index contributed by atoms with van der Waals surface area (Å²) in [5.41, 5.74) is 3.80. The SMILES string of the molecule is COc1ccc(C(=O)NCc2cccn3nccc23)cc1CC1CCNC1. The van der Waals surface area contributed by atoms with E-state index in [2.05, 4.69) is 15.7 Å². The number of nitrogens with one attached hydrogen (secondary N) is 2. The third kappa shape index (κ3) is 3.80. The zero-order chi connectivity index (χ0) is 18.6. The molecule has 1 atom stereocenters. The standard InChI is InChI=1S/C21H24N4O2/c1-27-20-5-4-16(12-18(20)11-15-6-8-22-13-15)21(26)23-14-17-3-2-10-25-19(17)7-9-24-25/h2-5,7,9-10,12,15,22H,6,8,11,13-14H2,1H3,(H,23,26). The summed E-state index contributed by atoms with van der Waals surface area (Å²) in [5.74, 6) is 1.36. The van der Waals surface area contributed by atoms with Crippen LogP contribution in [0.3, 0.4) is 0 Å². The number of methoxy groups -OCH3 is 1. The molecule has 3 heterocycles. The molecule has 4 rings (SSSR count). The third-order valence-electron chi connectivity index (χ3n) is 5.18. The number of ether oxygens (including phenoxy) is 1. The van der Waals surface area contributed by atoms with Gasteiger partial charge in [-0.25, -0.2) is 4.52 Å². The Labute approximate surface area is 158 Å². The maximum Gasteiger partial charge on any atom is 0.251 e. The number of carbonyl (C=O) groups excluding carboxylic acids is 1. The number of rotatable bonds is 6. The summed E-state index contributed by atoms with van der Waals surface area (Å²) in [6, 6.07) is 11.6. The summed E-state index contributed by atoms with van der Waals surface area (Å²) < 4.78 is 7.31. The molecule has 1 aromatic carbocycles. The van der Waals surface area contributed by atoms with Crippen molar-refractivity contribution in [2.45, 2.75) is 19.4 Å². The molecule has 6 nitrogen and oxygen atoms in total. The van der Waals surface area contributed by atoms with Crippen LogP contribution in [0.25, 0.3) is 5.52 Å². The van der Waals surface area contributed by atoms with Crippen LogP contribution in [0.4, 0.5) is 0 Å². The lowest BCUT2D eigenvalue weighted by Gasteiger charge is -2.14. The average molecular weight is 364 g/mol. The number of hydrogen-bond acceptors (Lipinski definition) is 4. The van der Waals surface area contributed by atoms with Gasteiger partial charge in [-0.15, -0.1) is 0 Å². The van der Waals surface area contributed by atoms with Crippen molar-refractivity contribution in [3.8, 4) is 5.75 Å². The molecule has 1 unspecified atom stereocenters. The quantitative estimate of drug-likeness (QED) is 0.705. The molecule has 1 aliphatic rings. The molecule has 0 radical (unpaired) electrons. The predicted molar refractivity (Wildman–Crippen MR) is 104 cm³/mol. The molecule has 1 aliphatic heterocycles. The smallest absolute Gasteiger partial charge is 0.251 e. The van der Waals surface area contributed by atoms with E-state index >= 15 is 0 Å². The number of carbonyl (C=O) groups is 1. The molecule has 6 heteroatoms. The van der Waals surface area contributed by atoms with Crippen LogP contribution < -0.4 is 15.4 Å². The van der Waals surface area contributed by atoms with Gasteiger partial charge < -0.3 is 15.4 Å². The summed E-state index contributed by atoms with van der Waals surface area (Å²) in [6.07, 6.45) is 5.74. The molecule has 0 bridgehead atoms. The van der Waals surface area contributed by atoms with Crippen molar-refractivity contribution in [2.75, 3.05) is 20.2 Å². The molecule has 1 saturated heterocycles. The molecule has 0 saturated carbocycles. The van der Waals surface area contributed by atoms with Crippen LogP contribution in [0.15, 0.2) is 48.8 Å². The van der Waals surface area contributed by atoms with Crippen LogP contribution in [0, 0.1) is 5.92 Å². The lowest BCUT2D eigenvalue weighted by atomic mass is 9.96. The van der Waals surface area contributed by atoms with E-state index < -0.39 is 0 Å². The second-order valence-corrected chi connectivity index (χ2v) is 6.97. The van der Waals surface area contributed by atoms with Crippen molar-refractivity contribution in [1.29, 1.82) is 0 Å². The monoisotopic (exact) mass is 364 g/mol. The predicted octanol–water partition coefficient (Wildman–Crippen LogP) is 2.42. The Morgan fingerprint density at radius 2 is 2.26 bits per heavy atom. The first-order valence-corrected chi connectivity index (χ1v) is 9.31. The van der Waals surface area contributed by atoms with Crippen LogP contribution in [-0.4, -0.2) is 35.7 Å². The van der Waals surface area contributed by atoms with E-state index in [0.29, 0.717) is 18.0 Å². The van der Waals surface area contributed by atoms with Gasteiger partial charge in [0.2, 0.25) is 0 Å². The van der Waals surface area contributed by atoms with Crippen LogP contribution in [0.5, 0.6) is 5.75 Å². The van der Waals surface area contributed by atoms with Gasteiger partial charge >= 0.3 is 0 Å². The van der Waals surface area contributed by atoms with Crippen molar-refractivity contribution in [3.05, 3.63) is 65.5 Å². The number of pyridine rings is 1. The van der Waals surface area contributed by atoms with Crippen LogP contribution in [0.2, 0.25) is 0 Å². The second kappa shape index (κ2) is 7.80. The minimum atomic E-state index is -0.0787. The second-order valence-electron chi connectivity index (χ2n) is 6.97. The molecular formula is C21H24N4O2. The van der Waals surface area contributed by atoms with E-state index in [-0.39, 0.29) is 5.91 Å². The summed E-state index contributed by atoms with van der Waals surface area (Å²) in [5, 5.41) is 10.6. The maximum absolute atomic E-state index is 12.7. The van der Waals surface area contributed by atoms with Crippen molar-refractivity contribution in [2.24, 2.45) is 5.92 Å². The molecular weight excluding hydrogens is 340 g/mol. The Balaban J connectivity index is 1.48. The summed E-state index contributed by atoms with van der Waals surface area (Å²) in [7, 11) is 1.68. The zero-order valence-corrected chi connectivity index (χ0v) is 15.4. The van der Waals surface area contributed by atoms with E-state index in [1.54, 1.807) is 13.3 Å². The molecule has 3 aromatic rings. The molecule has 27 heavy (non-hydrogen) atoms. The first-order valence-electron chi connectivity index (χ1n) is 9.31. The highest BCUT2D eigenvalue weighted by molar-refractivity contribution is 5.94. The molecule has 1 fully saturated rings. The number of aromatic nitrogens is 2. The van der Waals surface area contributed by atoms with Gasteiger partial charge in [-0.3, -0.25) is 4.79 Å². The van der Waals surface area contributed by atoms with Gasteiger partial charge in [0.15, 0.2) is 0 Å². The minimum absolute atomic E-state index is 0.0787. The highest BCUT2D eigenvalue weighted by Gasteiger charge is 2.18. The fourth-order valence-electron chi connectivity index (χ4n) is 3.72. The van der Waals surface area contributed by atoms with E-state index in [4.69, 9.17) is 4.74 Å². The molecule has 0 spiro atoms. The minimum Gasteiger partial charge on any atom is -0.496 e. The highest BCUT2D eigenvalue weighted by Crippen LogP contribution is 2.25. The van der Waals surface area contributed by atoms with E-state index in [1.165, 1.54) is 0 Å². The number of amides is 1. The van der Waals surface area contributed by atoms with E-state index in [0.717, 1.165) is 48.3 Å². The van der Waals surface area contributed by atoms with Crippen LogP contribution in [-0.2, 0) is 13.0 Å². The van der Waals surface area contributed by atoms with Crippen molar-refractivity contribution < 1.29 is 9.53 Å².